The number of benzene rings is 1. The molecule has 1 aromatic heterocycles. The van der Waals surface area contributed by atoms with E-state index in [-0.39, 0.29) is 11.8 Å². The number of carbonyl (C=O) groups is 1. The second-order valence-corrected chi connectivity index (χ2v) is 5.43. The third-order valence-electron chi connectivity index (χ3n) is 3.79. The molecule has 1 unspecified atom stereocenters. The van der Waals surface area contributed by atoms with Crippen LogP contribution in [-0.2, 0) is 11.3 Å². The maximum absolute atomic E-state index is 12.1. The largest absolute Gasteiger partial charge is 0.326 e. The van der Waals surface area contributed by atoms with E-state index >= 15 is 0 Å². The minimum atomic E-state index is 0.0856. The molecule has 5 heteroatoms. The first-order valence-corrected chi connectivity index (χ1v) is 7.39. The molecule has 1 saturated heterocycles. The summed E-state index contributed by atoms with van der Waals surface area (Å²) in [6.07, 6.45) is 5.75. The Kier molecular flexibility index (Phi) is 4.31. The quantitative estimate of drug-likeness (QED) is 0.901. The molecule has 2 heterocycles. The van der Waals surface area contributed by atoms with Crippen molar-refractivity contribution in [3.63, 3.8) is 0 Å². The standard InChI is InChI=1S/C16H20N4O/c21-16(14-3-1-8-17-11-14)19-15-6-4-13(5-7-15)12-20-10-2-9-18-20/h2,4-7,9-10,14,17H,1,3,8,11-12H2,(H,19,21). The highest BCUT2D eigenvalue weighted by Gasteiger charge is 2.20. The first-order chi connectivity index (χ1) is 10.3. The van der Waals surface area contributed by atoms with Gasteiger partial charge >= 0.3 is 0 Å². The number of nitrogens with one attached hydrogen (secondary N) is 2. The molecule has 1 aliphatic heterocycles. The predicted octanol–water partition coefficient (Wildman–Crippen LogP) is 1.87. The monoisotopic (exact) mass is 284 g/mol. The van der Waals surface area contributed by atoms with Gasteiger partial charge in [0.25, 0.3) is 0 Å². The Morgan fingerprint density at radius 2 is 2.24 bits per heavy atom. The Balaban J connectivity index is 1.57. The number of anilines is 1. The number of aromatic nitrogens is 2. The van der Waals surface area contributed by atoms with Crippen molar-refractivity contribution in [2.45, 2.75) is 19.4 Å². The van der Waals surface area contributed by atoms with Crippen LogP contribution in [-0.4, -0.2) is 28.8 Å². The molecular weight excluding hydrogens is 264 g/mol. The molecule has 1 aliphatic rings. The lowest BCUT2D eigenvalue weighted by Gasteiger charge is -2.21. The topological polar surface area (TPSA) is 59.0 Å². The number of piperidine rings is 1. The summed E-state index contributed by atoms with van der Waals surface area (Å²) in [7, 11) is 0. The molecule has 0 radical (unpaired) electrons. The Morgan fingerprint density at radius 1 is 1.38 bits per heavy atom. The van der Waals surface area contributed by atoms with Gasteiger partial charge < -0.3 is 10.6 Å². The van der Waals surface area contributed by atoms with E-state index in [1.54, 1.807) is 6.20 Å². The fourth-order valence-electron chi connectivity index (χ4n) is 2.59. The van der Waals surface area contributed by atoms with Gasteiger partial charge in [-0.2, -0.15) is 5.10 Å². The van der Waals surface area contributed by atoms with Crippen LogP contribution >= 0.6 is 0 Å². The van der Waals surface area contributed by atoms with Crippen molar-refractivity contribution in [1.29, 1.82) is 0 Å². The van der Waals surface area contributed by atoms with Crippen LogP contribution in [0, 0.1) is 5.92 Å². The number of amides is 1. The lowest BCUT2D eigenvalue weighted by molar-refractivity contribution is -0.120. The molecule has 1 aromatic carbocycles. The average Bonchev–Trinajstić information content (AvgIpc) is 3.03. The lowest BCUT2D eigenvalue weighted by Crippen LogP contribution is -2.37. The zero-order valence-corrected chi connectivity index (χ0v) is 12.0. The molecule has 2 aromatic rings. The van der Waals surface area contributed by atoms with Crippen LogP contribution in [0.1, 0.15) is 18.4 Å². The molecule has 0 bridgehead atoms. The molecule has 1 atom stereocenters. The zero-order chi connectivity index (χ0) is 14.5. The van der Waals surface area contributed by atoms with Crippen molar-refractivity contribution >= 4 is 11.6 Å². The lowest BCUT2D eigenvalue weighted by atomic mass is 9.99. The normalized spacial score (nSPS) is 18.4. The van der Waals surface area contributed by atoms with Crippen molar-refractivity contribution in [1.82, 2.24) is 15.1 Å². The van der Waals surface area contributed by atoms with E-state index in [0.717, 1.165) is 43.7 Å². The predicted molar refractivity (Wildman–Crippen MR) is 82.0 cm³/mol. The van der Waals surface area contributed by atoms with Crippen molar-refractivity contribution < 1.29 is 4.79 Å². The van der Waals surface area contributed by atoms with E-state index in [4.69, 9.17) is 0 Å². The van der Waals surface area contributed by atoms with E-state index in [2.05, 4.69) is 15.7 Å². The van der Waals surface area contributed by atoms with Crippen LogP contribution in [0.15, 0.2) is 42.7 Å². The highest BCUT2D eigenvalue weighted by Crippen LogP contribution is 2.15. The number of hydrogen-bond acceptors (Lipinski definition) is 3. The summed E-state index contributed by atoms with van der Waals surface area (Å²) < 4.78 is 1.88. The minimum Gasteiger partial charge on any atom is -0.326 e. The Hall–Kier alpha value is -2.14. The Labute approximate surface area is 124 Å². The summed E-state index contributed by atoms with van der Waals surface area (Å²) in [5, 5.41) is 10.4. The summed E-state index contributed by atoms with van der Waals surface area (Å²) in [5.74, 6) is 0.199. The van der Waals surface area contributed by atoms with E-state index in [9.17, 15) is 4.79 Å². The van der Waals surface area contributed by atoms with Crippen molar-refractivity contribution in [3.05, 3.63) is 48.3 Å². The highest BCUT2D eigenvalue weighted by molar-refractivity contribution is 5.92. The Bertz CT molecular complexity index is 571. The number of carbonyl (C=O) groups excluding carboxylic acids is 1. The van der Waals surface area contributed by atoms with Gasteiger partial charge in [-0.05, 0) is 43.1 Å². The van der Waals surface area contributed by atoms with Crippen LogP contribution in [0.3, 0.4) is 0 Å². The van der Waals surface area contributed by atoms with Crippen molar-refractivity contribution in [2.24, 2.45) is 5.92 Å². The van der Waals surface area contributed by atoms with Gasteiger partial charge in [-0.3, -0.25) is 9.48 Å². The highest BCUT2D eigenvalue weighted by atomic mass is 16.1. The van der Waals surface area contributed by atoms with Crippen LogP contribution in [0.4, 0.5) is 5.69 Å². The second-order valence-electron chi connectivity index (χ2n) is 5.43. The van der Waals surface area contributed by atoms with Crippen LogP contribution in [0.2, 0.25) is 0 Å². The molecule has 0 aliphatic carbocycles. The van der Waals surface area contributed by atoms with Gasteiger partial charge in [0, 0.05) is 24.6 Å². The molecule has 5 nitrogen and oxygen atoms in total. The summed E-state index contributed by atoms with van der Waals surface area (Å²) >= 11 is 0. The number of hydrogen-bond donors (Lipinski definition) is 2. The molecule has 0 saturated carbocycles. The maximum Gasteiger partial charge on any atom is 0.228 e. The van der Waals surface area contributed by atoms with Gasteiger partial charge in [-0.1, -0.05) is 12.1 Å². The third-order valence-corrected chi connectivity index (χ3v) is 3.79. The SMILES string of the molecule is O=C(Nc1ccc(Cn2cccn2)cc1)C1CCCNC1. The van der Waals surface area contributed by atoms with Crippen LogP contribution in [0.5, 0.6) is 0 Å². The molecule has 21 heavy (non-hydrogen) atoms. The van der Waals surface area contributed by atoms with Crippen molar-refractivity contribution in [2.75, 3.05) is 18.4 Å². The van der Waals surface area contributed by atoms with Gasteiger partial charge in [0.15, 0.2) is 0 Å². The summed E-state index contributed by atoms with van der Waals surface area (Å²) in [5.41, 5.74) is 2.02. The number of nitrogens with zero attached hydrogens (tertiary/aromatic N) is 2. The second kappa shape index (κ2) is 6.54. The van der Waals surface area contributed by atoms with Crippen molar-refractivity contribution in [3.8, 4) is 0 Å². The molecular formula is C16H20N4O. The van der Waals surface area contributed by atoms with Crippen LogP contribution in [0.25, 0.3) is 0 Å². The first-order valence-electron chi connectivity index (χ1n) is 7.39. The van der Waals surface area contributed by atoms with Gasteiger partial charge in [0.05, 0.1) is 12.5 Å². The van der Waals surface area contributed by atoms with Gasteiger partial charge in [0.1, 0.15) is 0 Å². The molecule has 110 valence electrons. The van der Waals surface area contributed by atoms with Crippen LogP contribution < -0.4 is 10.6 Å². The molecule has 0 spiro atoms. The van der Waals surface area contributed by atoms with Gasteiger partial charge in [-0.15, -0.1) is 0 Å². The Morgan fingerprint density at radius 3 is 2.90 bits per heavy atom. The summed E-state index contributed by atoms with van der Waals surface area (Å²) in [4.78, 5) is 12.1. The minimum absolute atomic E-state index is 0.0856. The van der Waals surface area contributed by atoms with E-state index < -0.39 is 0 Å². The molecule has 1 fully saturated rings. The van der Waals surface area contributed by atoms with E-state index in [1.807, 2.05) is 41.2 Å². The number of rotatable bonds is 4. The molecule has 1 amide bonds. The summed E-state index contributed by atoms with van der Waals surface area (Å²) in [6, 6.07) is 9.86. The fourth-order valence-corrected chi connectivity index (χ4v) is 2.59. The smallest absolute Gasteiger partial charge is 0.228 e. The van der Waals surface area contributed by atoms with E-state index in [0.29, 0.717) is 0 Å². The average molecular weight is 284 g/mol. The van der Waals surface area contributed by atoms with Gasteiger partial charge in [0.2, 0.25) is 5.91 Å². The third kappa shape index (κ3) is 3.70. The van der Waals surface area contributed by atoms with Gasteiger partial charge in [-0.25, -0.2) is 0 Å². The van der Waals surface area contributed by atoms with E-state index in [1.165, 1.54) is 0 Å². The first kappa shape index (κ1) is 13.8. The molecule has 3 rings (SSSR count). The zero-order valence-electron chi connectivity index (χ0n) is 12.0. The molecule has 2 N–H and O–H groups in total. The maximum atomic E-state index is 12.1. The summed E-state index contributed by atoms with van der Waals surface area (Å²) in [6.45, 7) is 2.54. The fraction of sp³-hybridized carbons (Fsp3) is 0.375.